The van der Waals surface area contributed by atoms with Gasteiger partial charge in [0.2, 0.25) is 5.88 Å². The molecule has 94 valence electrons. The second-order valence-electron chi connectivity index (χ2n) is 3.06. The molecule has 0 unspecified atom stereocenters. The van der Waals surface area contributed by atoms with Crippen molar-refractivity contribution < 1.29 is 22.8 Å². The monoisotopic (exact) mass is 251 g/mol. The first-order valence-electron chi connectivity index (χ1n) is 4.35. The summed E-state index contributed by atoms with van der Waals surface area (Å²) < 4.78 is 39.6. The molecule has 1 heterocycles. The van der Waals surface area contributed by atoms with E-state index < -0.39 is 22.9 Å². The molecular formula is C8H8F3N3O3. The Bertz CT molecular complexity index is 448. The highest BCUT2D eigenvalue weighted by atomic mass is 19.4. The van der Waals surface area contributed by atoms with Gasteiger partial charge in [0.15, 0.2) is 0 Å². The molecular weight excluding hydrogens is 243 g/mol. The molecule has 0 bridgehead atoms. The van der Waals surface area contributed by atoms with Crippen LogP contribution in [0.1, 0.15) is 11.1 Å². The number of halogens is 3. The zero-order valence-corrected chi connectivity index (χ0v) is 8.61. The summed E-state index contributed by atoms with van der Waals surface area (Å²) in [5.74, 6) is -0.733. The van der Waals surface area contributed by atoms with Crippen LogP contribution in [-0.4, -0.2) is 16.3 Å². The van der Waals surface area contributed by atoms with Crippen molar-refractivity contribution in [2.24, 2.45) is 5.73 Å². The van der Waals surface area contributed by atoms with E-state index in [4.69, 9.17) is 5.73 Å². The predicted molar refractivity (Wildman–Crippen MR) is 50.2 cm³/mol. The molecule has 0 radical (unpaired) electrons. The van der Waals surface area contributed by atoms with Crippen LogP contribution in [0.5, 0.6) is 5.88 Å². The van der Waals surface area contributed by atoms with Gasteiger partial charge in [-0.25, -0.2) is 4.98 Å². The van der Waals surface area contributed by atoms with Crippen LogP contribution < -0.4 is 10.5 Å². The van der Waals surface area contributed by atoms with E-state index in [1.54, 1.807) is 0 Å². The van der Waals surface area contributed by atoms with E-state index >= 15 is 0 Å². The van der Waals surface area contributed by atoms with Gasteiger partial charge in [-0.05, 0) is 6.92 Å². The first-order chi connectivity index (χ1) is 7.76. The number of rotatable bonds is 3. The van der Waals surface area contributed by atoms with E-state index in [0.29, 0.717) is 6.20 Å². The number of ether oxygens (including phenoxy) is 1. The maximum atomic E-state index is 12.0. The number of aromatic nitrogens is 1. The molecule has 0 saturated heterocycles. The number of nitro groups is 1. The second kappa shape index (κ2) is 4.53. The molecule has 0 amide bonds. The van der Waals surface area contributed by atoms with Crippen LogP contribution in [-0.2, 0) is 6.54 Å². The highest BCUT2D eigenvalue weighted by molar-refractivity contribution is 5.47. The Kier molecular flexibility index (Phi) is 3.51. The van der Waals surface area contributed by atoms with Crippen molar-refractivity contribution in [1.29, 1.82) is 0 Å². The molecule has 6 nitrogen and oxygen atoms in total. The van der Waals surface area contributed by atoms with Crippen LogP contribution in [0.25, 0.3) is 0 Å². The molecule has 1 aromatic heterocycles. The lowest BCUT2D eigenvalue weighted by Gasteiger charge is -2.12. The maximum Gasteiger partial charge on any atom is 0.574 e. The van der Waals surface area contributed by atoms with E-state index in [2.05, 4.69) is 9.72 Å². The highest BCUT2D eigenvalue weighted by Gasteiger charge is 2.33. The topological polar surface area (TPSA) is 91.3 Å². The average Bonchev–Trinajstić information content (AvgIpc) is 2.18. The first kappa shape index (κ1) is 13.2. The van der Waals surface area contributed by atoms with Crippen LogP contribution in [0, 0.1) is 17.0 Å². The van der Waals surface area contributed by atoms with Crippen molar-refractivity contribution in [3.05, 3.63) is 27.4 Å². The van der Waals surface area contributed by atoms with Gasteiger partial charge in [0.1, 0.15) is 6.20 Å². The van der Waals surface area contributed by atoms with Gasteiger partial charge in [-0.1, -0.05) is 0 Å². The summed E-state index contributed by atoms with van der Waals surface area (Å²) in [4.78, 5) is 13.1. The van der Waals surface area contributed by atoms with Crippen LogP contribution in [0.3, 0.4) is 0 Å². The number of nitrogens with zero attached hydrogens (tertiary/aromatic N) is 2. The predicted octanol–water partition coefficient (Wildman–Crippen LogP) is 1.66. The largest absolute Gasteiger partial charge is 0.574 e. The van der Waals surface area contributed by atoms with Crippen molar-refractivity contribution >= 4 is 5.69 Å². The lowest BCUT2D eigenvalue weighted by Crippen LogP contribution is -2.19. The van der Waals surface area contributed by atoms with Gasteiger partial charge in [-0.3, -0.25) is 10.1 Å². The molecule has 1 aromatic rings. The van der Waals surface area contributed by atoms with Crippen LogP contribution in [0.4, 0.5) is 18.9 Å². The smallest absolute Gasteiger partial charge is 0.388 e. The third kappa shape index (κ3) is 3.03. The average molecular weight is 251 g/mol. The van der Waals surface area contributed by atoms with Crippen molar-refractivity contribution in [3.8, 4) is 5.88 Å². The highest BCUT2D eigenvalue weighted by Crippen LogP contribution is 2.30. The summed E-state index contributed by atoms with van der Waals surface area (Å²) >= 11 is 0. The van der Waals surface area contributed by atoms with Crippen LogP contribution >= 0.6 is 0 Å². The summed E-state index contributed by atoms with van der Waals surface area (Å²) in [5, 5.41) is 10.6. The normalized spacial score (nSPS) is 11.4. The maximum absolute atomic E-state index is 12.0. The number of hydrogen-bond donors (Lipinski definition) is 1. The molecule has 0 aliphatic carbocycles. The fourth-order valence-corrected chi connectivity index (χ4v) is 1.24. The van der Waals surface area contributed by atoms with Gasteiger partial charge in [-0.2, -0.15) is 0 Å². The Hall–Kier alpha value is -1.90. The van der Waals surface area contributed by atoms with E-state index in [0.717, 1.165) is 0 Å². The number of hydrogen-bond acceptors (Lipinski definition) is 5. The summed E-state index contributed by atoms with van der Waals surface area (Å²) in [6.07, 6.45) is -4.21. The molecule has 1 rings (SSSR count). The molecule has 0 atom stereocenters. The van der Waals surface area contributed by atoms with Crippen molar-refractivity contribution in [3.63, 3.8) is 0 Å². The zero-order valence-electron chi connectivity index (χ0n) is 8.61. The minimum Gasteiger partial charge on any atom is -0.388 e. The Morgan fingerprint density at radius 2 is 2.18 bits per heavy atom. The van der Waals surface area contributed by atoms with Crippen molar-refractivity contribution in [2.45, 2.75) is 19.8 Å². The Morgan fingerprint density at radius 1 is 1.59 bits per heavy atom. The van der Waals surface area contributed by atoms with Gasteiger partial charge in [0.05, 0.1) is 10.5 Å². The fourth-order valence-electron chi connectivity index (χ4n) is 1.24. The minimum absolute atomic E-state index is 0.0377. The molecule has 0 aromatic carbocycles. The SMILES string of the molecule is Cc1c(OC(F)(F)F)ncc([N+](=O)[O-])c1CN. The Morgan fingerprint density at radius 3 is 2.59 bits per heavy atom. The van der Waals surface area contributed by atoms with Gasteiger partial charge in [-0.15, -0.1) is 13.2 Å². The van der Waals surface area contributed by atoms with Gasteiger partial charge in [0.25, 0.3) is 5.69 Å². The summed E-state index contributed by atoms with van der Waals surface area (Å²) in [5.41, 5.74) is 4.69. The van der Waals surface area contributed by atoms with E-state index in [9.17, 15) is 23.3 Å². The fraction of sp³-hybridized carbons (Fsp3) is 0.375. The van der Waals surface area contributed by atoms with Gasteiger partial charge < -0.3 is 10.5 Å². The second-order valence-corrected chi connectivity index (χ2v) is 3.06. The van der Waals surface area contributed by atoms with Crippen molar-refractivity contribution in [1.82, 2.24) is 4.98 Å². The molecule has 0 spiro atoms. The first-order valence-corrected chi connectivity index (χ1v) is 4.35. The lowest BCUT2D eigenvalue weighted by molar-refractivity contribution is -0.386. The molecule has 2 N–H and O–H groups in total. The van der Waals surface area contributed by atoms with Crippen LogP contribution in [0.15, 0.2) is 6.20 Å². The Labute approximate surface area is 93.3 Å². The molecule has 0 aliphatic rings. The molecule has 17 heavy (non-hydrogen) atoms. The van der Waals surface area contributed by atoms with Crippen LogP contribution in [0.2, 0.25) is 0 Å². The Balaban J connectivity index is 3.25. The van der Waals surface area contributed by atoms with E-state index in [-0.39, 0.29) is 17.7 Å². The van der Waals surface area contributed by atoms with Crippen molar-refractivity contribution in [2.75, 3.05) is 0 Å². The zero-order chi connectivity index (χ0) is 13.2. The summed E-state index contributed by atoms with van der Waals surface area (Å²) in [6, 6.07) is 0. The number of alkyl halides is 3. The third-order valence-corrected chi connectivity index (χ3v) is 2.00. The molecule has 0 saturated carbocycles. The van der Waals surface area contributed by atoms with Gasteiger partial charge in [0, 0.05) is 12.1 Å². The quantitative estimate of drug-likeness (QED) is 0.651. The summed E-state index contributed by atoms with van der Waals surface area (Å²) in [6.45, 7) is 0.947. The summed E-state index contributed by atoms with van der Waals surface area (Å²) in [7, 11) is 0. The number of nitrogens with two attached hydrogens (primary N) is 1. The molecule has 0 fully saturated rings. The number of pyridine rings is 1. The lowest BCUT2D eigenvalue weighted by atomic mass is 10.1. The van der Waals surface area contributed by atoms with Gasteiger partial charge >= 0.3 is 6.36 Å². The standard InChI is InChI=1S/C8H8F3N3O3/c1-4-5(2-12)6(14(15)16)3-13-7(4)17-8(9,10)11/h3H,2,12H2,1H3. The minimum atomic E-state index is -4.90. The molecule has 0 aliphatic heterocycles. The van der Waals surface area contributed by atoms with E-state index in [1.165, 1.54) is 6.92 Å². The third-order valence-electron chi connectivity index (χ3n) is 2.00. The van der Waals surface area contributed by atoms with E-state index in [1.807, 2.05) is 0 Å². The molecule has 9 heteroatoms.